The van der Waals surface area contributed by atoms with Crippen LogP contribution >= 0.6 is 34.8 Å². The average molecular weight is 584 g/mol. The van der Waals surface area contributed by atoms with Crippen molar-refractivity contribution in [3.8, 4) is 11.5 Å². The third-order valence-electron chi connectivity index (χ3n) is 4.33. The Morgan fingerprint density at radius 2 is 1.08 bits per heavy atom. The topological polar surface area (TPSA) is 78.9 Å². The molecule has 37 heavy (non-hydrogen) atoms. The molecule has 0 aliphatic heterocycles. The zero-order valence-electron chi connectivity index (χ0n) is 17.8. The molecule has 3 rings (SSSR count). The largest absolute Gasteiger partial charge is 0.458 e. The van der Waals surface area contributed by atoms with Crippen molar-refractivity contribution < 1.29 is 50.5 Å². The first-order valence-corrected chi connectivity index (χ1v) is 10.8. The Bertz CT molecular complexity index is 1350. The van der Waals surface area contributed by atoms with E-state index < -0.39 is 79.8 Å². The van der Waals surface area contributed by atoms with Crippen LogP contribution in [0.5, 0.6) is 11.5 Å². The summed E-state index contributed by atoms with van der Waals surface area (Å²) in [7, 11) is 0. The van der Waals surface area contributed by atoms with Gasteiger partial charge in [0.2, 0.25) is 38.6 Å². The van der Waals surface area contributed by atoms with Crippen LogP contribution in [0.4, 0.5) is 22.0 Å². The Morgan fingerprint density at radius 1 is 0.649 bits per heavy atom. The fourth-order valence-electron chi connectivity index (χ4n) is 2.69. The summed E-state index contributed by atoms with van der Waals surface area (Å²) in [6.07, 6.45) is 0. The Labute approximate surface area is 219 Å². The SMILES string of the molecule is O=C(OCC(Cl)(Cl)Cl)c1cc(C(=O)Oc2ccccc2)cc(C(=O)Oc2c(F)c(F)c(F)c(F)c2F)c1. The second kappa shape index (κ2) is 11.3. The molecule has 0 atom stereocenters. The molecule has 0 saturated carbocycles. The molecule has 0 spiro atoms. The van der Waals surface area contributed by atoms with Crippen LogP contribution in [0.25, 0.3) is 0 Å². The van der Waals surface area contributed by atoms with Gasteiger partial charge in [0.15, 0.2) is 0 Å². The maximum absolute atomic E-state index is 14.0. The summed E-state index contributed by atoms with van der Waals surface area (Å²) < 4.78 is 80.4. The van der Waals surface area contributed by atoms with Gasteiger partial charge < -0.3 is 14.2 Å². The number of esters is 3. The number of carbonyl (C=O) groups excluding carboxylic acids is 3. The van der Waals surface area contributed by atoms with E-state index in [1.54, 1.807) is 18.2 Å². The molecule has 6 nitrogen and oxygen atoms in total. The number of carbonyl (C=O) groups is 3. The molecule has 0 aliphatic carbocycles. The molecule has 0 fully saturated rings. The first kappa shape index (κ1) is 28.2. The fourth-order valence-corrected chi connectivity index (χ4v) is 2.86. The number of ether oxygens (including phenoxy) is 3. The van der Waals surface area contributed by atoms with Crippen LogP contribution < -0.4 is 9.47 Å². The number of alkyl halides is 3. The standard InChI is InChI=1S/C23H10Cl3F5O6/c24-23(25,26)9-35-20(32)10-6-11(21(33)36-13-4-2-1-3-5-13)8-12(7-10)22(34)37-19-17(30)15(28)14(27)16(29)18(19)31/h1-8H,9H2. The number of para-hydroxylation sites is 1. The lowest BCUT2D eigenvalue weighted by Crippen LogP contribution is -2.20. The zero-order valence-corrected chi connectivity index (χ0v) is 20.1. The van der Waals surface area contributed by atoms with Gasteiger partial charge in [0.05, 0.1) is 16.7 Å². The summed E-state index contributed by atoms with van der Waals surface area (Å²) in [5, 5.41) is 0. The highest BCUT2D eigenvalue weighted by molar-refractivity contribution is 6.67. The second-order valence-electron chi connectivity index (χ2n) is 6.98. The smallest absolute Gasteiger partial charge is 0.343 e. The van der Waals surface area contributed by atoms with E-state index in [1.807, 2.05) is 0 Å². The first-order valence-electron chi connectivity index (χ1n) is 9.68. The minimum atomic E-state index is -2.47. The quantitative estimate of drug-likeness (QED) is 0.0841. The van der Waals surface area contributed by atoms with E-state index in [0.717, 1.165) is 18.2 Å². The van der Waals surface area contributed by atoms with Crippen molar-refractivity contribution in [1.82, 2.24) is 0 Å². The second-order valence-corrected chi connectivity index (χ2v) is 9.50. The van der Waals surface area contributed by atoms with E-state index in [9.17, 15) is 36.3 Å². The van der Waals surface area contributed by atoms with Gasteiger partial charge in [-0.3, -0.25) is 0 Å². The van der Waals surface area contributed by atoms with Crippen LogP contribution in [0.2, 0.25) is 0 Å². The van der Waals surface area contributed by atoms with E-state index in [-0.39, 0.29) is 5.75 Å². The maximum Gasteiger partial charge on any atom is 0.343 e. The highest BCUT2D eigenvalue weighted by Gasteiger charge is 2.30. The van der Waals surface area contributed by atoms with E-state index in [2.05, 4.69) is 4.74 Å². The van der Waals surface area contributed by atoms with Crippen LogP contribution in [0.1, 0.15) is 31.1 Å². The monoisotopic (exact) mass is 582 g/mol. The number of halogens is 8. The molecule has 194 valence electrons. The summed E-state index contributed by atoms with van der Waals surface area (Å²) >= 11 is 16.6. The number of hydrogen-bond acceptors (Lipinski definition) is 6. The molecule has 0 bridgehead atoms. The molecule has 0 aromatic heterocycles. The van der Waals surface area contributed by atoms with E-state index in [0.29, 0.717) is 0 Å². The predicted octanol–water partition coefficient (Wildman–Crippen LogP) is 6.35. The van der Waals surface area contributed by atoms with Crippen molar-refractivity contribution in [3.63, 3.8) is 0 Å². The van der Waals surface area contributed by atoms with Crippen LogP contribution in [-0.2, 0) is 4.74 Å². The summed E-state index contributed by atoms with van der Waals surface area (Å²) in [5.74, 6) is -17.9. The summed E-state index contributed by atoms with van der Waals surface area (Å²) in [6.45, 7) is -0.750. The zero-order chi connectivity index (χ0) is 27.5. The molecular formula is C23H10Cl3F5O6. The molecule has 3 aromatic carbocycles. The van der Waals surface area contributed by atoms with Crippen molar-refractivity contribution in [2.24, 2.45) is 0 Å². The Morgan fingerprint density at radius 3 is 1.57 bits per heavy atom. The molecule has 3 aromatic rings. The van der Waals surface area contributed by atoms with E-state index >= 15 is 0 Å². The van der Waals surface area contributed by atoms with Gasteiger partial charge in [-0.1, -0.05) is 53.0 Å². The lowest BCUT2D eigenvalue weighted by Gasteiger charge is -2.13. The Hall–Kier alpha value is -3.41. The van der Waals surface area contributed by atoms with Crippen LogP contribution in [0.15, 0.2) is 48.5 Å². The molecule has 0 N–H and O–H groups in total. The van der Waals surface area contributed by atoms with E-state index in [4.69, 9.17) is 44.3 Å². The predicted molar refractivity (Wildman–Crippen MR) is 120 cm³/mol. The summed E-state index contributed by atoms with van der Waals surface area (Å²) in [4.78, 5) is 37.6. The minimum absolute atomic E-state index is 0.0715. The van der Waals surface area contributed by atoms with Gasteiger partial charge in [-0.2, -0.15) is 8.78 Å². The summed E-state index contributed by atoms with van der Waals surface area (Å²) in [6, 6.07) is 9.98. The molecule has 0 unspecified atom stereocenters. The third-order valence-corrected chi connectivity index (χ3v) is 4.65. The average Bonchev–Trinajstić information content (AvgIpc) is 2.87. The van der Waals surface area contributed by atoms with Crippen LogP contribution in [0, 0.1) is 29.1 Å². The molecular weight excluding hydrogens is 574 g/mol. The van der Waals surface area contributed by atoms with Gasteiger partial charge in [0, 0.05) is 0 Å². The van der Waals surface area contributed by atoms with Crippen molar-refractivity contribution in [3.05, 3.63) is 94.3 Å². The third kappa shape index (κ3) is 6.88. The molecule has 0 radical (unpaired) electrons. The van der Waals surface area contributed by atoms with Gasteiger partial charge in [0.1, 0.15) is 12.4 Å². The molecule has 0 heterocycles. The Kier molecular flexibility index (Phi) is 8.62. The molecule has 0 aliphatic rings. The highest BCUT2D eigenvalue weighted by Crippen LogP contribution is 2.30. The van der Waals surface area contributed by atoms with Crippen molar-refractivity contribution >= 4 is 52.7 Å². The molecule has 0 amide bonds. The van der Waals surface area contributed by atoms with Gasteiger partial charge in [-0.25, -0.2) is 27.6 Å². The van der Waals surface area contributed by atoms with Crippen molar-refractivity contribution in [2.75, 3.05) is 6.61 Å². The lowest BCUT2D eigenvalue weighted by molar-refractivity contribution is 0.0512. The fraction of sp³-hybridized carbons (Fsp3) is 0.0870. The van der Waals surface area contributed by atoms with Gasteiger partial charge in [0.25, 0.3) is 0 Å². The van der Waals surface area contributed by atoms with Crippen molar-refractivity contribution in [1.29, 1.82) is 0 Å². The lowest BCUT2D eigenvalue weighted by atomic mass is 10.1. The van der Waals surface area contributed by atoms with Gasteiger partial charge in [-0.15, -0.1) is 0 Å². The normalized spacial score (nSPS) is 11.1. The van der Waals surface area contributed by atoms with Crippen molar-refractivity contribution in [2.45, 2.75) is 3.79 Å². The van der Waals surface area contributed by atoms with Gasteiger partial charge in [-0.05, 0) is 30.3 Å². The molecule has 14 heteroatoms. The molecule has 0 saturated heterocycles. The minimum Gasteiger partial charge on any atom is -0.458 e. The van der Waals surface area contributed by atoms with Crippen LogP contribution in [0.3, 0.4) is 0 Å². The van der Waals surface area contributed by atoms with Crippen LogP contribution in [-0.4, -0.2) is 28.3 Å². The van der Waals surface area contributed by atoms with Gasteiger partial charge >= 0.3 is 17.9 Å². The van der Waals surface area contributed by atoms with E-state index in [1.165, 1.54) is 12.1 Å². The highest BCUT2D eigenvalue weighted by atomic mass is 35.6. The number of hydrogen-bond donors (Lipinski definition) is 0. The number of rotatable bonds is 6. The first-order chi connectivity index (χ1) is 17.3. The summed E-state index contributed by atoms with van der Waals surface area (Å²) in [5.41, 5.74) is -1.70. The number of benzene rings is 3. The Balaban J connectivity index is 2.01. The maximum atomic E-state index is 14.0.